The molecule has 2 rings (SSSR count). The van der Waals surface area contributed by atoms with Crippen LogP contribution in [0, 0.1) is 24.1 Å². The molecular formula is C14H10FNO4. The Morgan fingerprint density at radius 1 is 1.55 bits per heavy atom. The van der Waals surface area contributed by atoms with Crippen LogP contribution in [0.15, 0.2) is 28.7 Å². The number of aromatic carboxylic acids is 1. The molecule has 0 bridgehead atoms. The van der Waals surface area contributed by atoms with Gasteiger partial charge in [-0.3, -0.25) is 0 Å². The van der Waals surface area contributed by atoms with E-state index in [1.54, 1.807) is 13.0 Å². The van der Waals surface area contributed by atoms with Crippen LogP contribution in [-0.4, -0.2) is 11.1 Å². The summed E-state index contributed by atoms with van der Waals surface area (Å²) in [7, 11) is 0. The van der Waals surface area contributed by atoms with Crippen LogP contribution in [0.25, 0.3) is 0 Å². The minimum Gasteiger partial charge on any atom is -0.484 e. The van der Waals surface area contributed by atoms with Crippen LogP contribution < -0.4 is 4.74 Å². The highest BCUT2D eigenvalue weighted by molar-refractivity contribution is 5.86. The molecule has 0 saturated carbocycles. The van der Waals surface area contributed by atoms with Gasteiger partial charge in [0, 0.05) is 5.56 Å². The summed E-state index contributed by atoms with van der Waals surface area (Å²) in [6, 6.07) is 7.26. The Hall–Kier alpha value is -2.81. The third-order valence-electron chi connectivity index (χ3n) is 2.62. The number of nitriles is 1. The minimum atomic E-state index is -1.17. The van der Waals surface area contributed by atoms with E-state index in [0.29, 0.717) is 5.56 Å². The summed E-state index contributed by atoms with van der Waals surface area (Å²) in [6.07, 6.45) is 0. The topological polar surface area (TPSA) is 83.5 Å². The van der Waals surface area contributed by atoms with Crippen molar-refractivity contribution in [2.45, 2.75) is 13.5 Å². The molecule has 1 heterocycles. The van der Waals surface area contributed by atoms with E-state index in [9.17, 15) is 9.18 Å². The molecule has 0 radical (unpaired) electrons. The van der Waals surface area contributed by atoms with Crippen LogP contribution in [0.2, 0.25) is 0 Å². The first-order valence-corrected chi connectivity index (χ1v) is 5.67. The van der Waals surface area contributed by atoms with Gasteiger partial charge in [0.2, 0.25) is 5.76 Å². The molecular weight excluding hydrogens is 265 g/mol. The van der Waals surface area contributed by atoms with Gasteiger partial charge in [-0.15, -0.1) is 0 Å². The lowest BCUT2D eigenvalue weighted by molar-refractivity contribution is 0.0657. The Balaban J connectivity index is 2.18. The Morgan fingerprint density at radius 2 is 2.30 bits per heavy atom. The van der Waals surface area contributed by atoms with Crippen LogP contribution in [0.4, 0.5) is 4.39 Å². The number of halogens is 1. The monoisotopic (exact) mass is 275 g/mol. The highest BCUT2D eigenvalue weighted by Gasteiger charge is 2.15. The molecule has 0 saturated heterocycles. The van der Waals surface area contributed by atoms with Crippen LogP contribution >= 0.6 is 0 Å². The van der Waals surface area contributed by atoms with Crippen LogP contribution in [0.1, 0.15) is 27.4 Å². The molecule has 0 spiro atoms. The second-order valence-corrected chi connectivity index (χ2v) is 4.04. The maximum atomic E-state index is 13.3. The van der Waals surface area contributed by atoms with E-state index >= 15 is 0 Å². The summed E-state index contributed by atoms with van der Waals surface area (Å²) in [5.74, 6) is -1.64. The average Bonchev–Trinajstić information content (AvgIpc) is 2.78. The zero-order valence-electron chi connectivity index (χ0n) is 10.5. The van der Waals surface area contributed by atoms with Crippen molar-refractivity contribution >= 4 is 5.97 Å². The summed E-state index contributed by atoms with van der Waals surface area (Å²) < 4.78 is 23.7. The van der Waals surface area contributed by atoms with E-state index < -0.39 is 11.8 Å². The molecule has 0 aliphatic rings. The summed E-state index contributed by atoms with van der Waals surface area (Å²) in [5, 5.41) is 17.7. The van der Waals surface area contributed by atoms with Gasteiger partial charge >= 0.3 is 5.97 Å². The number of ether oxygens (including phenoxy) is 1. The van der Waals surface area contributed by atoms with E-state index in [2.05, 4.69) is 0 Å². The fourth-order valence-electron chi connectivity index (χ4n) is 1.71. The maximum absolute atomic E-state index is 13.3. The zero-order valence-corrected chi connectivity index (χ0v) is 10.5. The third-order valence-corrected chi connectivity index (χ3v) is 2.62. The summed E-state index contributed by atoms with van der Waals surface area (Å²) in [5.41, 5.74) is 0.269. The van der Waals surface area contributed by atoms with E-state index in [-0.39, 0.29) is 29.4 Å². The number of benzene rings is 1. The van der Waals surface area contributed by atoms with Crippen molar-refractivity contribution in [3.63, 3.8) is 0 Å². The summed E-state index contributed by atoms with van der Waals surface area (Å²) in [4.78, 5) is 10.8. The third kappa shape index (κ3) is 2.62. The van der Waals surface area contributed by atoms with E-state index in [4.69, 9.17) is 19.5 Å². The number of carbonyl (C=O) groups is 1. The van der Waals surface area contributed by atoms with Gasteiger partial charge in [-0.25, -0.2) is 9.18 Å². The van der Waals surface area contributed by atoms with Gasteiger partial charge in [0.1, 0.15) is 35.6 Å². The summed E-state index contributed by atoms with van der Waals surface area (Å²) in [6.45, 7) is 1.51. The van der Waals surface area contributed by atoms with Crippen molar-refractivity contribution in [1.29, 1.82) is 5.26 Å². The van der Waals surface area contributed by atoms with E-state index in [0.717, 1.165) is 6.07 Å². The van der Waals surface area contributed by atoms with Crippen LogP contribution in [0.5, 0.6) is 5.75 Å². The highest BCUT2D eigenvalue weighted by Crippen LogP contribution is 2.22. The maximum Gasteiger partial charge on any atom is 0.372 e. The van der Waals surface area contributed by atoms with Crippen molar-refractivity contribution in [2.75, 3.05) is 0 Å². The van der Waals surface area contributed by atoms with E-state index in [1.165, 1.54) is 18.2 Å². The smallest absolute Gasteiger partial charge is 0.372 e. The van der Waals surface area contributed by atoms with Crippen molar-refractivity contribution in [2.24, 2.45) is 0 Å². The molecule has 2 aromatic rings. The number of carboxylic acid groups (broad SMARTS) is 1. The number of hydrogen-bond donors (Lipinski definition) is 1. The molecule has 6 heteroatoms. The van der Waals surface area contributed by atoms with Gasteiger partial charge in [-0.2, -0.15) is 5.26 Å². The van der Waals surface area contributed by atoms with Gasteiger partial charge in [-0.05, 0) is 25.1 Å². The molecule has 0 unspecified atom stereocenters. The molecule has 0 aliphatic heterocycles. The molecule has 1 aromatic heterocycles. The number of rotatable bonds is 4. The van der Waals surface area contributed by atoms with E-state index in [1.807, 2.05) is 0 Å². The normalized spacial score (nSPS) is 10.1. The lowest BCUT2D eigenvalue weighted by Gasteiger charge is -2.06. The number of nitrogens with zero attached hydrogens (tertiary/aromatic N) is 1. The largest absolute Gasteiger partial charge is 0.484 e. The molecule has 0 amide bonds. The SMILES string of the molecule is Cc1cc(COc2cccc(F)c2C#N)oc1C(=O)O. The lowest BCUT2D eigenvalue weighted by Crippen LogP contribution is -1.98. The zero-order chi connectivity index (χ0) is 14.7. The van der Waals surface area contributed by atoms with Crippen molar-refractivity contribution in [3.05, 3.63) is 52.7 Å². The Morgan fingerprint density at radius 3 is 2.90 bits per heavy atom. The molecule has 0 aliphatic carbocycles. The fourth-order valence-corrected chi connectivity index (χ4v) is 1.71. The van der Waals surface area contributed by atoms with Gasteiger partial charge in [0.15, 0.2) is 0 Å². The van der Waals surface area contributed by atoms with Gasteiger partial charge in [0.05, 0.1) is 0 Å². The number of aryl methyl sites for hydroxylation is 1. The van der Waals surface area contributed by atoms with Gasteiger partial charge in [-0.1, -0.05) is 6.07 Å². The predicted octanol–water partition coefficient (Wildman–Crippen LogP) is 2.88. The number of hydrogen-bond acceptors (Lipinski definition) is 4. The molecule has 0 atom stereocenters. The Kier molecular flexibility index (Phi) is 3.71. The molecule has 1 N–H and O–H groups in total. The number of carboxylic acids is 1. The molecule has 102 valence electrons. The average molecular weight is 275 g/mol. The van der Waals surface area contributed by atoms with Crippen LogP contribution in [0.3, 0.4) is 0 Å². The predicted molar refractivity (Wildman–Crippen MR) is 65.9 cm³/mol. The highest BCUT2D eigenvalue weighted by atomic mass is 19.1. The molecule has 0 fully saturated rings. The Bertz CT molecular complexity index is 700. The van der Waals surface area contributed by atoms with Crippen molar-refractivity contribution < 1.29 is 23.4 Å². The summed E-state index contributed by atoms with van der Waals surface area (Å²) >= 11 is 0. The lowest BCUT2D eigenvalue weighted by atomic mass is 10.2. The standard InChI is InChI=1S/C14H10FNO4/c1-8-5-9(20-13(8)14(17)18)7-19-12-4-2-3-11(15)10(12)6-16/h2-5H,7H2,1H3,(H,17,18). The second-order valence-electron chi connectivity index (χ2n) is 4.04. The second kappa shape index (κ2) is 5.45. The molecule has 5 nitrogen and oxygen atoms in total. The fraction of sp³-hybridized carbons (Fsp3) is 0.143. The van der Waals surface area contributed by atoms with Gasteiger partial charge < -0.3 is 14.3 Å². The van der Waals surface area contributed by atoms with Crippen LogP contribution in [-0.2, 0) is 6.61 Å². The first-order valence-electron chi connectivity index (χ1n) is 5.67. The molecule has 1 aromatic carbocycles. The molecule has 20 heavy (non-hydrogen) atoms. The Labute approximate surface area is 113 Å². The van der Waals surface area contributed by atoms with Gasteiger partial charge in [0.25, 0.3) is 0 Å². The quantitative estimate of drug-likeness (QED) is 0.927. The minimum absolute atomic E-state index is 0.0819. The van der Waals surface area contributed by atoms with Crippen molar-refractivity contribution in [1.82, 2.24) is 0 Å². The first-order chi connectivity index (χ1) is 9.52. The van der Waals surface area contributed by atoms with Crippen molar-refractivity contribution in [3.8, 4) is 11.8 Å². The first kappa shape index (κ1) is 13.6. The number of furan rings is 1.